The SMILES string of the molecule is O=C(CCS)OCCN1C(=O)N(CCOC(=O)CCSC2CC3CC2C2C(=O)OC(=O)C32)C(O)N(CCOC(=O)CCSC2CC3CC2C2C(=O)OC(=O)C32)C1=O. The Hall–Kier alpha value is -3.56. The fourth-order valence-corrected chi connectivity index (χ4v) is 13.0. The van der Waals surface area contributed by atoms with E-state index in [0.29, 0.717) is 11.5 Å². The molecule has 7 aliphatic rings. The van der Waals surface area contributed by atoms with Crippen molar-refractivity contribution in [2.75, 3.05) is 56.7 Å². The van der Waals surface area contributed by atoms with Gasteiger partial charge in [0.25, 0.3) is 0 Å². The van der Waals surface area contributed by atoms with Crippen molar-refractivity contribution in [2.24, 2.45) is 47.3 Å². The Balaban J connectivity index is 0.853. The van der Waals surface area contributed by atoms with Gasteiger partial charge in [-0.05, 0) is 49.4 Å². The van der Waals surface area contributed by atoms with E-state index >= 15 is 0 Å². The average Bonchev–Trinajstić information content (AvgIpc) is 4.02. The molecule has 4 amide bonds. The molecule has 1 N–H and O–H groups in total. The van der Waals surface area contributed by atoms with E-state index in [9.17, 15) is 48.3 Å². The Bertz CT molecular complexity index is 1580. The number of ether oxygens (including phenoxy) is 5. The molecule has 4 aliphatic carbocycles. The number of amides is 4. The van der Waals surface area contributed by atoms with Gasteiger partial charge in [0.05, 0.1) is 62.6 Å². The van der Waals surface area contributed by atoms with E-state index in [1.54, 1.807) is 23.5 Å². The van der Waals surface area contributed by atoms with Crippen LogP contribution in [-0.4, -0.2) is 147 Å². The van der Waals surface area contributed by atoms with Gasteiger partial charge in [0.1, 0.15) is 19.8 Å². The first-order valence-corrected chi connectivity index (χ1v) is 22.0. The number of carbonyl (C=O) groups excluding carboxylic acids is 9. The highest BCUT2D eigenvalue weighted by Gasteiger charge is 2.64. The van der Waals surface area contributed by atoms with E-state index < -0.39 is 72.0 Å². The van der Waals surface area contributed by atoms with E-state index in [1.807, 2.05) is 0 Å². The van der Waals surface area contributed by atoms with Crippen LogP contribution in [0.2, 0.25) is 0 Å². The van der Waals surface area contributed by atoms with E-state index in [4.69, 9.17) is 23.7 Å². The second-order valence-electron chi connectivity index (χ2n) is 15.3. The van der Waals surface area contributed by atoms with Crippen molar-refractivity contribution in [2.45, 2.75) is 61.8 Å². The van der Waals surface area contributed by atoms with Crippen LogP contribution in [0.5, 0.6) is 0 Å². The summed E-state index contributed by atoms with van der Waals surface area (Å²) < 4.78 is 25.5. The normalized spacial score (nSPS) is 33.5. The number of urea groups is 2. The van der Waals surface area contributed by atoms with Gasteiger partial charge in [-0.1, -0.05) is 0 Å². The van der Waals surface area contributed by atoms with E-state index in [2.05, 4.69) is 12.6 Å². The number of fused-ring (bicyclic) bond motifs is 10. The standard InChI is InChI=1S/C36H45N3O15S3/c40-23(1-10-55)50-7-4-37-34(47)38(5-8-51-24(41)2-11-56-21-15-17-13-19(21)28-26(17)30(43)53-32(28)45)36(49)39(35(37)48)6-9-52-25(42)3-12-57-22-16-18-14-20(22)29-27(18)31(44)54-33(29)46/h17-22,26-29,36,49,55H,1-16H2. The number of carbonyl (C=O) groups is 9. The third-order valence-electron chi connectivity index (χ3n) is 12.2. The number of hydrogen-bond acceptors (Lipinski definition) is 18. The lowest BCUT2D eigenvalue weighted by atomic mass is 9.81. The van der Waals surface area contributed by atoms with Crippen molar-refractivity contribution in [3.8, 4) is 0 Å². The molecule has 3 heterocycles. The zero-order valence-electron chi connectivity index (χ0n) is 30.9. The minimum absolute atomic E-state index is 0.0203. The zero-order valence-corrected chi connectivity index (χ0v) is 33.5. The summed E-state index contributed by atoms with van der Waals surface area (Å²) in [6, 6.07) is -1.81. The number of thioether (sulfide) groups is 2. The first-order chi connectivity index (χ1) is 27.4. The summed E-state index contributed by atoms with van der Waals surface area (Å²) in [4.78, 5) is 115. The van der Waals surface area contributed by atoms with Crippen molar-refractivity contribution in [1.82, 2.24) is 14.7 Å². The maximum atomic E-state index is 13.4. The molecule has 10 unspecified atom stereocenters. The molecule has 4 bridgehead atoms. The van der Waals surface area contributed by atoms with Gasteiger partial charge in [-0.25, -0.2) is 14.5 Å². The molecule has 3 saturated heterocycles. The minimum atomic E-state index is -1.79. The van der Waals surface area contributed by atoms with Gasteiger partial charge in [0.15, 0.2) is 0 Å². The third-order valence-corrected chi connectivity index (χ3v) is 15.3. The lowest BCUT2D eigenvalue weighted by molar-refractivity contribution is -0.156. The van der Waals surface area contributed by atoms with Crippen LogP contribution in [0.15, 0.2) is 0 Å². The smallest absolute Gasteiger partial charge is 0.331 e. The fourth-order valence-electron chi connectivity index (χ4n) is 9.81. The molecule has 7 rings (SSSR count). The zero-order chi connectivity index (χ0) is 40.5. The highest BCUT2D eigenvalue weighted by Crippen LogP contribution is 2.59. The quantitative estimate of drug-likeness (QED) is 0.0801. The lowest BCUT2D eigenvalue weighted by Crippen LogP contribution is -2.67. The Kier molecular flexibility index (Phi) is 12.9. The first kappa shape index (κ1) is 41.6. The molecule has 57 heavy (non-hydrogen) atoms. The van der Waals surface area contributed by atoms with Crippen molar-refractivity contribution in [3.63, 3.8) is 0 Å². The van der Waals surface area contributed by atoms with Crippen LogP contribution in [0.3, 0.4) is 0 Å². The predicted molar refractivity (Wildman–Crippen MR) is 199 cm³/mol. The molecule has 21 heteroatoms. The predicted octanol–water partition coefficient (Wildman–Crippen LogP) is 1.07. The maximum Gasteiger partial charge on any atom is 0.331 e. The second-order valence-corrected chi connectivity index (χ2v) is 18.4. The number of esters is 7. The van der Waals surface area contributed by atoms with Crippen LogP contribution < -0.4 is 0 Å². The fraction of sp³-hybridized carbons (Fsp3) is 0.750. The number of aliphatic hydroxyl groups is 1. The summed E-state index contributed by atoms with van der Waals surface area (Å²) in [6.45, 7) is -1.85. The third kappa shape index (κ3) is 8.48. The Morgan fingerprint density at radius 2 is 1.02 bits per heavy atom. The summed E-state index contributed by atoms with van der Waals surface area (Å²) in [6.07, 6.45) is 1.44. The Labute approximate surface area is 341 Å². The number of rotatable bonds is 19. The van der Waals surface area contributed by atoms with Gasteiger partial charge >= 0.3 is 53.8 Å². The van der Waals surface area contributed by atoms with Gasteiger partial charge in [-0.3, -0.25) is 43.4 Å². The summed E-state index contributed by atoms with van der Waals surface area (Å²) in [5, 5.41) is 11.4. The largest absolute Gasteiger partial charge is 0.464 e. The van der Waals surface area contributed by atoms with Gasteiger partial charge in [-0.2, -0.15) is 36.2 Å². The highest BCUT2D eigenvalue weighted by atomic mass is 32.2. The topological polar surface area (TPSA) is 230 Å². The van der Waals surface area contributed by atoms with Crippen LogP contribution in [-0.2, 0) is 57.2 Å². The molecule has 0 radical (unpaired) electrons. The molecule has 10 atom stereocenters. The molecule has 3 aliphatic heterocycles. The molecule has 4 saturated carbocycles. The van der Waals surface area contributed by atoms with Gasteiger partial charge < -0.3 is 28.8 Å². The molecular weight excluding hydrogens is 811 g/mol. The number of thiol groups is 1. The second kappa shape index (κ2) is 17.7. The van der Waals surface area contributed by atoms with Crippen molar-refractivity contribution in [3.05, 3.63) is 0 Å². The molecule has 0 aromatic carbocycles. The summed E-state index contributed by atoms with van der Waals surface area (Å²) in [5.41, 5.74) is 0. The first-order valence-electron chi connectivity index (χ1n) is 19.3. The Morgan fingerprint density at radius 3 is 1.46 bits per heavy atom. The minimum Gasteiger partial charge on any atom is -0.464 e. The van der Waals surface area contributed by atoms with Crippen LogP contribution in [0, 0.1) is 47.3 Å². The number of imide groups is 1. The van der Waals surface area contributed by atoms with Crippen molar-refractivity contribution < 1.29 is 71.9 Å². The molecule has 0 aromatic rings. The summed E-state index contributed by atoms with van der Waals surface area (Å²) in [5.74, 6) is -3.61. The molecule has 18 nitrogen and oxygen atoms in total. The van der Waals surface area contributed by atoms with Crippen molar-refractivity contribution in [1.29, 1.82) is 0 Å². The van der Waals surface area contributed by atoms with Gasteiger partial charge in [0, 0.05) is 27.8 Å². The number of cyclic esters (lactones) is 4. The average molecular weight is 856 g/mol. The van der Waals surface area contributed by atoms with Crippen LogP contribution in [0.25, 0.3) is 0 Å². The molecule has 7 fully saturated rings. The molecule has 0 spiro atoms. The van der Waals surface area contributed by atoms with Gasteiger partial charge in [-0.15, -0.1) is 0 Å². The highest BCUT2D eigenvalue weighted by molar-refractivity contribution is 8.00. The lowest BCUT2D eigenvalue weighted by Gasteiger charge is -2.44. The Morgan fingerprint density at radius 1 is 0.614 bits per heavy atom. The maximum absolute atomic E-state index is 13.4. The molecule has 312 valence electrons. The monoisotopic (exact) mass is 855 g/mol. The number of aliphatic hydroxyl groups excluding tert-OH is 1. The number of nitrogens with zero attached hydrogens (tertiary/aromatic N) is 3. The van der Waals surface area contributed by atoms with E-state index in [1.165, 1.54) is 0 Å². The van der Waals surface area contributed by atoms with Crippen LogP contribution in [0.1, 0.15) is 44.9 Å². The molecule has 0 aromatic heterocycles. The van der Waals surface area contributed by atoms with E-state index in [-0.39, 0.29) is 110 Å². The van der Waals surface area contributed by atoms with Crippen LogP contribution in [0.4, 0.5) is 9.59 Å². The molecular formula is C36H45N3O15S3. The van der Waals surface area contributed by atoms with E-state index in [0.717, 1.165) is 40.4 Å². The summed E-state index contributed by atoms with van der Waals surface area (Å²) >= 11 is 7.09. The van der Waals surface area contributed by atoms with Gasteiger partial charge in [0.2, 0.25) is 6.35 Å². The number of hydrogen-bond donors (Lipinski definition) is 2. The van der Waals surface area contributed by atoms with Crippen LogP contribution >= 0.6 is 36.2 Å². The van der Waals surface area contributed by atoms with Crippen molar-refractivity contribution >= 4 is 90.0 Å². The summed E-state index contributed by atoms with van der Waals surface area (Å²) in [7, 11) is 0.